The highest BCUT2D eigenvalue weighted by molar-refractivity contribution is 5.99. The molecule has 4 heteroatoms. The zero-order valence-electron chi connectivity index (χ0n) is 8.25. The van der Waals surface area contributed by atoms with Crippen LogP contribution in [0.2, 0.25) is 0 Å². The molecule has 1 saturated carbocycles. The molecule has 0 bridgehead atoms. The van der Waals surface area contributed by atoms with Crippen molar-refractivity contribution in [1.29, 1.82) is 0 Å². The van der Waals surface area contributed by atoms with Crippen LogP contribution in [0.3, 0.4) is 0 Å². The van der Waals surface area contributed by atoms with Gasteiger partial charge in [0, 0.05) is 25.0 Å². The van der Waals surface area contributed by atoms with E-state index < -0.39 is 5.41 Å². The van der Waals surface area contributed by atoms with Crippen molar-refractivity contribution < 1.29 is 19.1 Å². The largest absolute Gasteiger partial charge is 0.469 e. The van der Waals surface area contributed by atoms with Gasteiger partial charge in [0.15, 0.2) is 0 Å². The molecule has 1 heterocycles. The number of esters is 1. The first-order chi connectivity index (χ1) is 6.70. The molecular formula is C10H14O4. The molecule has 14 heavy (non-hydrogen) atoms. The number of hydrogen-bond donors (Lipinski definition) is 0. The van der Waals surface area contributed by atoms with Crippen LogP contribution in [-0.4, -0.2) is 32.1 Å². The number of methoxy groups -OCH3 is 1. The average Bonchev–Trinajstić information content (AvgIpc) is 2.26. The van der Waals surface area contributed by atoms with Crippen LogP contribution < -0.4 is 0 Å². The minimum absolute atomic E-state index is 0.205. The van der Waals surface area contributed by atoms with E-state index in [1.165, 1.54) is 7.11 Å². The summed E-state index contributed by atoms with van der Waals surface area (Å²) in [6.45, 7) is 1.17. The van der Waals surface area contributed by atoms with Crippen molar-refractivity contribution in [2.45, 2.75) is 19.3 Å². The summed E-state index contributed by atoms with van der Waals surface area (Å²) in [4.78, 5) is 23.0. The van der Waals surface area contributed by atoms with Crippen LogP contribution in [0.25, 0.3) is 0 Å². The van der Waals surface area contributed by atoms with E-state index in [1.807, 2.05) is 0 Å². The van der Waals surface area contributed by atoms with E-state index in [2.05, 4.69) is 0 Å². The summed E-state index contributed by atoms with van der Waals surface area (Å²) in [5, 5.41) is 0. The second kappa shape index (κ2) is 3.35. The number of carbonyl (C=O) groups is 2. The summed E-state index contributed by atoms with van der Waals surface area (Å²) in [6, 6.07) is 0. The first-order valence-corrected chi connectivity index (χ1v) is 4.89. The number of rotatable bonds is 1. The molecule has 1 atom stereocenters. The van der Waals surface area contributed by atoms with Crippen molar-refractivity contribution in [1.82, 2.24) is 0 Å². The van der Waals surface area contributed by atoms with Gasteiger partial charge in [0.2, 0.25) is 0 Å². The van der Waals surface area contributed by atoms with Gasteiger partial charge in [-0.05, 0) is 12.8 Å². The van der Waals surface area contributed by atoms with Crippen LogP contribution in [0.1, 0.15) is 19.3 Å². The third kappa shape index (κ3) is 1.17. The Morgan fingerprint density at radius 2 is 2.14 bits per heavy atom. The van der Waals surface area contributed by atoms with Crippen LogP contribution in [0.15, 0.2) is 0 Å². The summed E-state index contributed by atoms with van der Waals surface area (Å²) < 4.78 is 9.90. The van der Waals surface area contributed by atoms with Crippen molar-refractivity contribution in [2.24, 2.45) is 11.3 Å². The minimum Gasteiger partial charge on any atom is -0.469 e. The monoisotopic (exact) mass is 198 g/mol. The van der Waals surface area contributed by atoms with Gasteiger partial charge in [0.05, 0.1) is 13.0 Å². The van der Waals surface area contributed by atoms with Crippen molar-refractivity contribution >= 4 is 11.8 Å². The third-order valence-corrected chi connectivity index (χ3v) is 3.48. The van der Waals surface area contributed by atoms with Crippen LogP contribution in [0.4, 0.5) is 0 Å². The molecule has 0 aromatic rings. The topological polar surface area (TPSA) is 52.6 Å². The van der Waals surface area contributed by atoms with Gasteiger partial charge in [0.1, 0.15) is 5.78 Å². The SMILES string of the molecule is COC(=O)C1CC(=O)C12CCOCC2. The fourth-order valence-electron chi connectivity index (χ4n) is 2.46. The Hall–Kier alpha value is -0.900. The highest BCUT2D eigenvalue weighted by Crippen LogP contribution is 2.50. The zero-order chi connectivity index (χ0) is 10.2. The molecular weight excluding hydrogens is 184 g/mol. The molecule has 0 N–H and O–H groups in total. The van der Waals surface area contributed by atoms with E-state index in [-0.39, 0.29) is 17.7 Å². The lowest BCUT2D eigenvalue weighted by Gasteiger charge is -2.48. The van der Waals surface area contributed by atoms with E-state index in [4.69, 9.17) is 9.47 Å². The lowest BCUT2D eigenvalue weighted by Crippen LogP contribution is -2.56. The predicted octanol–water partition coefficient (Wildman–Crippen LogP) is 0.545. The summed E-state index contributed by atoms with van der Waals surface area (Å²) in [5.41, 5.74) is -0.439. The molecule has 0 amide bonds. The summed E-state index contributed by atoms with van der Waals surface area (Å²) in [7, 11) is 1.37. The molecule has 1 aliphatic carbocycles. The Morgan fingerprint density at radius 3 is 2.64 bits per heavy atom. The maximum absolute atomic E-state index is 11.6. The van der Waals surface area contributed by atoms with Gasteiger partial charge in [-0.25, -0.2) is 0 Å². The Morgan fingerprint density at radius 1 is 1.50 bits per heavy atom. The Kier molecular flexibility index (Phi) is 2.31. The molecule has 0 aromatic heterocycles. The molecule has 4 nitrogen and oxygen atoms in total. The number of ketones is 1. The fraction of sp³-hybridized carbons (Fsp3) is 0.800. The van der Waals surface area contributed by atoms with Gasteiger partial charge in [-0.1, -0.05) is 0 Å². The van der Waals surface area contributed by atoms with Gasteiger partial charge in [-0.3, -0.25) is 9.59 Å². The smallest absolute Gasteiger partial charge is 0.310 e. The van der Waals surface area contributed by atoms with E-state index in [1.54, 1.807) is 0 Å². The highest BCUT2D eigenvalue weighted by atomic mass is 16.5. The maximum atomic E-state index is 11.6. The number of Topliss-reactive ketones (excluding diaryl/α,β-unsaturated/α-hetero) is 1. The Bertz CT molecular complexity index is 263. The third-order valence-electron chi connectivity index (χ3n) is 3.48. The highest BCUT2D eigenvalue weighted by Gasteiger charge is 2.58. The van der Waals surface area contributed by atoms with Crippen LogP contribution in [0.5, 0.6) is 0 Å². The van der Waals surface area contributed by atoms with Gasteiger partial charge in [-0.15, -0.1) is 0 Å². The number of carbonyl (C=O) groups excluding carboxylic acids is 2. The Balaban J connectivity index is 2.14. The van der Waals surface area contributed by atoms with Gasteiger partial charge in [0.25, 0.3) is 0 Å². The first kappa shape index (κ1) is 9.65. The van der Waals surface area contributed by atoms with E-state index in [9.17, 15) is 9.59 Å². The van der Waals surface area contributed by atoms with Crippen LogP contribution in [-0.2, 0) is 19.1 Å². The lowest BCUT2D eigenvalue weighted by molar-refractivity contribution is -0.174. The van der Waals surface area contributed by atoms with Crippen molar-refractivity contribution in [3.8, 4) is 0 Å². The Labute approximate surface area is 82.6 Å². The molecule has 0 radical (unpaired) electrons. The lowest BCUT2D eigenvalue weighted by atomic mass is 9.55. The standard InChI is InChI=1S/C10H14O4/c1-13-9(12)7-6-8(11)10(7)2-4-14-5-3-10/h7H,2-6H2,1H3. The summed E-state index contributed by atoms with van der Waals surface area (Å²) in [5.74, 6) is -0.258. The quantitative estimate of drug-likeness (QED) is 0.577. The van der Waals surface area contributed by atoms with Gasteiger partial charge in [-0.2, -0.15) is 0 Å². The number of ether oxygens (including phenoxy) is 2. The molecule has 78 valence electrons. The summed E-state index contributed by atoms with van der Waals surface area (Å²) in [6.07, 6.45) is 1.70. The molecule has 2 aliphatic rings. The molecule has 0 aromatic carbocycles. The molecule has 1 spiro atoms. The average molecular weight is 198 g/mol. The van der Waals surface area contributed by atoms with Crippen molar-refractivity contribution in [3.05, 3.63) is 0 Å². The van der Waals surface area contributed by atoms with Crippen molar-refractivity contribution in [2.75, 3.05) is 20.3 Å². The molecule has 1 unspecified atom stereocenters. The van der Waals surface area contributed by atoms with Gasteiger partial charge >= 0.3 is 5.97 Å². The summed E-state index contributed by atoms with van der Waals surface area (Å²) >= 11 is 0. The second-order valence-electron chi connectivity index (χ2n) is 3.97. The molecule has 2 fully saturated rings. The minimum atomic E-state index is -0.439. The first-order valence-electron chi connectivity index (χ1n) is 4.89. The molecule has 2 rings (SSSR count). The number of hydrogen-bond acceptors (Lipinski definition) is 4. The van der Waals surface area contributed by atoms with E-state index >= 15 is 0 Å². The second-order valence-corrected chi connectivity index (χ2v) is 3.97. The fourth-order valence-corrected chi connectivity index (χ4v) is 2.46. The normalized spacial score (nSPS) is 29.8. The molecule has 1 saturated heterocycles. The van der Waals surface area contributed by atoms with E-state index in [0.29, 0.717) is 32.5 Å². The predicted molar refractivity (Wildman–Crippen MR) is 47.6 cm³/mol. The van der Waals surface area contributed by atoms with Gasteiger partial charge < -0.3 is 9.47 Å². The van der Waals surface area contributed by atoms with Crippen LogP contribution in [0, 0.1) is 11.3 Å². The maximum Gasteiger partial charge on any atom is 0.310 e. The zero-order valence-corrected chi connectivity index (χ0v) is 8.25. The van der Waals surface area contributed by atoms with Crippen molar-refractivity contribution in [3.63, 3.8) is 0 Å². The van der Waals surface area contributed by atoms with E-state index in [0.717, 1.165) is 0 Å². The van der Waals surface area contributed by atoms with Crippen LogP contribution >= 0.6 is 0 Å². The molecule has 1 aliphatic heterocycles.